The van der Waals surface area contributed by atoms with E-state index < -0.39 is 4.27 Å². The second kappa shape index (κ2) is 10.8. The van der Waals surface area contributed by atoms with Crippen LogP contribution < -0.4 is 0 Å². The Morgan fingerprint density at radius 3 is 1.44 bits per heavy atom. The number of thiol groups is 2. The molecule has 16 heavy (non-hydrogen) atoms. The van der Waals surface area contributed by atoms with Crippen molar-refractivity contribution in [2.45, 2.75) is 68.5 Å². The smallest absolute Gasteiger partial charge is 0.151 e. The molecule has 0 aliphatic carbocycles. The summed E-state index contributed by atoms with van der Waals surface area (Å²) in [5.74, 6) is 0. The Bertz CT molecular complexity index is 146. The molecule has 0 aromatic heterocycles. The summed E-state index contributed by atoms with van der Waals surface area (Å²) in [4.78, 5) is 0. The van der Waals surface area contributed by atoms with Gasteiger partial charge in [-0.25, -0.2) is 0 Å². The normalized spacial score (nSPS) is 12.0. The van der Waals surface area contributed by atoms with Crippen molar-refractivity contribution in [2.24, 2.45) is 0 Å². The van der Waals surface area contributed by atoms with Crippen molar-refractivity contribution in [1.82, 2.24) is 0 Å². The predicted molar refractivity (Wildman–Crippen MR) is 76.2 cm³/mol. The fourth-order valence-corrected chi connectivity index (χ4v) is 2.03. The van der Waals surface area contributed by atoms with Gasteiger partial charge in [-0.3, -0.25) is 0 Å². The number of hydrogen-bond acceptors (Lipinski definition) is 4. The van der Waals surface area contributed by atoms with Crippen molar-refractivity contribution >= 4 is 25.3 Å². The molecule has 0 spiro atoms. The maximum atomic E-state index is 9.25. The highest BCUT2D eigenvalue weighted by molar-refractivity contribution is 8.00. The molecule has 0 amide bonds. The molecule has 98 valence electrons. The average Bonchev–Trinajstić information content (AvgIpc) is 2.19. The molecule has 0 aliphatic heterocycles. The van der Waals surface area contributed by atoms with Gasteiger partial charge in [0, 0.05) is 6.61 Å². The first-order chi connectivity index (χ1) is 7.56. The van der Waals surface area contributed by atoms with Gasteiger partial charge in [-0.15, -0.1) is 25.3 Å². The number of aliphatic hydroxyl groups is 2. The minimum Gasteiger partial charge on any atom is -0.396 e. The summed E-state index contributed by atoms with van der Waals surface area (Å²) < 4.78 is -1.09. The van der Waals surface area contributed by atoms with E-state index in [1.807, 2.05) is 0 Å². The lowest BCUT2D eigenvalue weighted by molar-refractivity contribution is 0.219. The van der Waals surface area contributed by atoms with Gasteiger partial charge in [-0.2, -0.15) is 0 Å². The van der Waals surface area contributed by atoms with Gasteiger partial charge in [0.25, 0.3) is 0 Å². The van der Waals surface area contributed by atoms with E-state index in [9.17, 15) is 5.11 Å². The predicted octanol–water partition coefficient (Wildman–Crippen LogP) is 3.39. The minimum absolute atomic E-state index is 0.330. The monoisotopic (exact) mass is 266 g/mol. The Hall–Kier alpha value is 0.620. The summed E-state index contributed by atoms with van der Waals surface area (Å²) in [7, 11) is 0. The first kappa shape index (κ1) is 16.6. The summed E-state index contributed by atoms with van der Waals surface area (Å²) in [5, 5.41) is 17.8. The van der Waals surface area contributed by atoms with Gasteiger partial charge in [-0.05, 0) is 19.3 Å². The molecule has 0 unspecified atom stereocenters. The quantitative estimate of drug-likeness (QED) is 0.263. The summed E-state index contributed by atoms with van der Waals surface area (Å²) >= 11 is 7.89. The molecule has 4 heteroatoms. The molecule has 0 aliphatic rings. The first-order valence-electron chi connectivity index (χ1n) is 6.34. The van der Waals surface area contributed by atoms with E-state index in [0.717, 1.165) is 25.7 Å². The van der Waals surface area contributed by atoms with E-state index in [1.54, 1.807) is 0 Å². The topological polar surface area (TPSA) is 40.5 Å². The number of aliphatic hydroxyl groups excluding tert-OH is 1. The molecule has 0 radical (unpaired) electrons. The Kier molecular flexibility index (Phi) is 11.2. The van der Waals surface area contributed by atoms with Crippen LogP contribution in [0.5, 0.6) is 0 Å². The highest BCUT2D eigenvalue weighted by atomic mass is 32.2. The molecule has 0 heterocycles. The minimum atomic E-state index is -1.09. The molecule has 0 aromatic rings. The standard InChI is InChI=1S/C12H26O2S2/c13-11-9-7-5-3-1-2-4-6-8-10-12(14,15)16/h13-16H,1-11H2. The maximum absolute atomic E-state index is 9.25. The summed E-state index contributed by atoms with van der Waals surface area (Å²) in [6, 6.07) is 0. The molecule has 2 nitrogen and oxygen atoms in total. The Morgan fingerprint density at radius 2 is 1.06 bits per heavy atom. The lowest BCUT2D eigenvalue weighted by Crippen LogP contribution is -2.10. The summed E-state index contributed by atoms with van der Waals surface area (Å²) in [6.07, 6.45) is 11.2. The second-order valence-corrected chi connectivity index (χ2v) is 6.26. The third kappa shape index (κ3) is 14.6. The average molecular weight is 266 g/mol. The fourth-order valence-electron chi connectivity index (χ4n) is 1.71. The fraction of sp³-hybridized carbons (Fsp3) is 1.00. The molecule has 0 aromatic carbocycles. The highest BCUT2D eigenvalue weighted by Crippen LogP contribution is 2.23. The lowest BCUT2D eigenvalue weighted by Gasteiger charge is -2.13. The van der Waals surface area contributed by atoms with Crippen molar-refractivity contribution in [3.8, 4) is 0 Å². The third-order valence-corrected chi connectivity index (χ3v) is 3.12. The lowest BCUT2D eigenvalue weighted by atomic mass is 10.1. The highest BCUT2D eigenvalue weighted by Gasteiger charge is 2.13. The largest absolute Gasteiger partial charge is 0.396 e. The Labute approximate surface area is 111 Å². The van der Waals surface area contributed by atoms with Gasteiger partial charge in [0.15, 0.2) is 4.27 Å². The van der Waals surface area contributed by atoms with Gasteiger partial charge in [0.2, 0.25) is 0 Å². The number of hydrogen-bond donors (Lipinski definition) is 4. The van der Waals surface area contributed by atoms with Crippen molar-refractivity contribution < 1.29 is 10.2 Å². The van der Waals surface area contributed by atoms with Crippen LogP contribution in [0.4, 0.5) is 0 Å². The summed E-state index contributed by atoms with van der Waals surface area (Å²) in [6.45, 7) is 0.330. The van der Waals surface area contributed by atoms with Crippen LogP contribution >= 0.6 is 25.3 Å². The molecule has 2 N–H and O–H groups in total. The van der Waals surface area contributed by atoms with Crippen LogP contribution in [-0.4, -0.2) is 21.1 Å². The van der Waals surface area contributed by atoms with Crippen LogP contribution in [0.2, 0.25) is 0 Å². The van der Waals surface area contributed by atoms with Crippen molar-refractivity contribution in [1.29, 1.82) is 0 Å². The van der Waals surface area contributed by atoms with E-state index in [1.165, 1.54) is 32.1 Å². The summed E-state index contributed by atoms with van der Waals surface area (Å²) in [5.41, 5.74) is 0. The zero-order valence-electron chi connectivity index (χ0n) is 10.1. The van der Waals surface area contributed by atoms with Crippen LogP contribution in [0.1, 0.15) is 64.2 Å². The first-order valence-corrected chi connectivity index (χ1v) is 7.24. The molecule has 0 atom stereocenters. The third-order valence-electron chi connectivity index (χ3n) is 2.67. The van der Waals surface area contributed by atoms with E-state index in [2.05, 4.69) is 25.3 Å². The van der Waals surface area contributed by atoms with Gasteiger partial charge >= 0.3 is 0 Å². The van der Waals surface area contributed by atoms with Gasteiger partial charge in [0.1, 0.15) is 0 Å². The number of unbranched alkanes of at least 4 members (excludes halogenated alkanes) is 8. The van der Waals surface area contributed by atoms with Crippen LogP contribution in [0.15, 0.2) is 0 Å². The van der Waals surface area contributed by atoms with Crippen LogP contribution in [0.3, 0.4) is 0 Å². The molecule has 0 saturated heterocycles. The van der Waals surface area contributed by atoms with E-state index in [0.29, 0.717) is 13.0 Å². The Balaban J connectivity index is 2.99. The molecular weight excluding hydrogens is 240 g/mol. The van der Waals surface area contributed by atoms with Crippen LogP contribution in [-0.2, 0) is 0 Å². The molecular formula is C12H26O2S2. The second-order valence-electron chi connectivity index (χ2n) is 4.43. The molecule has 0 bridgehead atoms. The Morgan fingerprint density at radius 1 is 0.688 bits per heavy atom. The molecule has 0 rings (SSSR count). The SMILES string of the molecule is OCCCCCCCCCCCC(O)(S)S. The van der Waals surface area contributed by atoms with E-state index in [-0.39, 0.29) is 0 Å². The molecule has 0 saturated carbocycles. The van der Waals surface area contributed by atoms with Gasteiger partial charge in [0.05, 0.1) is 0 Å². The molecule has 0 fully saturated rings. The zero-order valence-corrected chi connectivity index (χ0v) is 11.9. The van der Waals surface area contributed by atoms with E-state index >= 15 is 0 Å². The van der Waals surface area contributed by atoms with Crippen LogP contribution in [0.25, 0.3) is 0 Å². The van der Waals surface area contributed by atoms with Gasteiger partial charge < -0.3 is 10.2 Å². The van der Waals surface area contributed by atoms with Crippen molar-refractivity contribution in [2.75, 3.05) is 6.61 Å². The van der Waals surface area contributed by atoms with Crippen molar-refractivity contribution in [3.05, 3.63) is 0 Å². The number of rotatable bonds is 11. The van der Waals surface area contributed by atoms with Crippen LogP contribution in [0, 0.1) is 0 Å². The van der Waals surface area contributed by atoms with Gasteiger partial charge in [-0.1, -0.05) is 44.9 Å². The van der Waals surface area contributed by atoms with Crippen molar-refractivity contribution in [3.63, 3.8) is 0 Å². The zero-order chi connectivity index (χ0) is 12.3. The van der Waals surface area contributed by atoms with E-state index in [4.69, 9.17) is 5.11 Å². The maximum Gasteiger partial charge on any atom is 0.151 e.